The molecular formula is C27H30ClN5O8S2. The fourth-order valence-corrected chi connectivity index (χ4v) is 9.03. The van der Waals surface area contributed by atoms with Crippen molar-refractivity contribution in [2.45, 2.75) is 79.0 Å². The number of carbonyl (C=O) groups is 5. The van der Waals surface area contributed by atoms with E-state index in [0.29, 0.717) is 10.6 Å². The van der Waals surface area contributed by atoms with E-state index in [9.17, 15) is 34.2 Å². The topological polar surface area (TPSA) is 191 Å². The van der Waals surface area contributed by atoms with E-state index in [-0.39, 0.29) is 17.0 Å². The van der Waals surface area contributed by atoms with Crippen LogP contribution in [0.25, 0.3) is 11.3 Å². The number of β-lactam (4-membered cyclic amide) rings is 1. The molecule has 3 amide bonds. The lowest BCUT2D eigenvalue weighted by atomic mass is 9.96. The van der Waals surface area contributed by atoms with Gasteiger partial charge in [-0.2, -0.15) is 0 Å². The number of aliphatic carboxylic acids is 2. The molecule has 16 heteroatoms. The highest BCUT2D eigenvalue weighted by Crippen LogP contribution is 2.51. The minimum Gasteiger partial charge on any atom is -0.480 e. The van der Waals surface area contributed by atoms with Crippen molar-refractivity contribution in [3.05, 3.63) is 40.6 Å². The average molecular weight is 652 g/mol. The van der Waals surface area contributed by atoms with Crippen LogP contribution in [-0.4, -0.2) is 94.3 Å². The zero-order chi connectivity index (χ0) is 31.6. The number of nitrogens with zero attached hydrogens (tertiary/aromatic N) is 2. The van der Waals surface area contributed by atoms with Gasteiger partial charge in [0, 0.05) is 15.1 Å². The Bertz CT molecular complexity index is 1530. The van der Waals surface area contributed by atoms with Gasteiger partial charge in [0.25, 0.3) is 5.91 Å². The summed E-state index contributed by atoms with van der Waals surface area (Å²) in [7, 11) is 0. The summed E-state index contributed by atoms with van der Waals surface area (Å²) < 4.78 is 3.64. The van der Waals surface area contributed by atoms with Crippen LogP contribution >= 0.6 is 35.1 Å². The second-order valence-electron chi connectivity index (χ2n) is 11.6. The minimum atomic E-state index is -1.36. The third kappa shape index (κ3) is 5.36. The van der Waals surface area contributed by atoms with E-state index in [1.54, 1.807) is 52.0 Å². The molecule has 0 bridgehead atoms. The van der Waals surface area contributed by atoms with E-state index < -0.39 is 74.1 Å². The molecule has 4 heterocycles. The summed E-state index contributed by atoms with van der Waals surface area (Å²) in [6.45, 7) is 8.38. The van der Waals surface area contributed by atoms with Crippen LogP contribution in [0, 0.1) is 6.92 Å². The fourth-order valence-electron chi connectivity index (χ4n) is 5.68. The largest absolute Gasteiger partial charge is 0.480 e. The first kappa shape index (κ1) is 31.2. The predicted octanol–water partition coefficient (Wildman–Crippen LogP) is 1.93. The number of hydrogen-bond donors (Lipinski definition) is 5. The molecule has 6 atom stereocenters. The number of aryl methyl sites for hydroxylation is 1. The van der Waals surface area contributed by atoms with Crippen molar-refractivity contribution in [1.29, 1.82) is 0 Å². The number of halogens is 1. The second kappa shape index (κ2) is 11.0. The molecule has 230 valence electrons. The van der Waals surface area contributed by atoms with E-state index in [4.69, 9.17) is 16.1 Å². The van der Waals surface area contributed by atoms with Crippen molar-refractivity contribution >= 4 is 64.8 Å². The quantitative estimate of drug-likeness (QED) is 0.261. The Hall–Kier alpha value is -3.27. The number of amides is 3. The van der Waals surface area contributed by atoms with Crippen LogP contribution in [0.2, 0.25) is 5.02 Å². The van der Waals surface area contributed by atoms with Crippen LogP contribution in [0.3, 0.4) is 0 Å². The molecule has 3 aliphatic rings. The molecule has 3 saturated heterocycles. The van der Waals surface area contributed by atoms with Gasteiger partial charge in [0.05, 0.1) is 10.4 Å². The minimum absolute atomic E-state index is 0.0336. The summed E-state index contributed by atoms with van der Waals surface area (Å²) in [4.78, 5) is 65.8. The zero-order valence-corrected chi connectivity index (χ0v) is 26.1. The SMILES string of the molecule is Cc1onc(-c2ccccc2Cl)c1C(=O)NC(C(=O)N[C@@H]1C(=O)N2[C@@H]1SC(C)(C)[C@@H]2C(=O)O)C1N[C@H](C(=O)O)C(C)(C)S1. The van der Waals surface area contributed by atoms with Gasteiger partial charge in [-0.3, -0.25) is 24.5 Å². The molecule has 3 fully saturated rings. The molecule has 1 aromatic heterocycles. The lowest BCUT2D eigenvalue weighted by Crippen LogP contribution is -2.72. The molecule has 5 rings (SSSR count). The zero-order valence-electron chi connectivity index (χ0n) is 23.7. The van der Waals surface area contributed by atoms with Crippen molar-refractivity contribution in [1.82, 2.24) is 26.0 Å². The molecule has 2 aromatic rings. The first-order chi connectivity index (χ1) is 20.0. The summed E-state index contributed by atoms with van der Waals surface area (Å²) in [6, 6.07) is 2.21. The highest BCUT2D eigenvalue weighted by atomic mass is 35.5. The summed E-state index contributed by atoms with van der Waals surface area (Å²) in [5, 5.41) is 30.6. The average Bonchev–Trinajstić information content (AvgIpc) is 3.54. The summed E-state index contributed by atoms with van der Waals surface area (Å²) in [6.07, 6.45) is 0. The molecule has 0 aliphatic carbocycles. The second-order valence-corrected chi connectivity index (χ2v) is 15.5. The van der Waals surface area contributed by atoms with Crippen molar-refractivity contribution in [2.24, 2.45) is 0 Å². The number of carboxylic acid groups (broad SMARTS) is 2. The van der Waals surface area contributed by atoms with Gasteiger partial charge in [-0.15, -0.1) is 23.5 Å². The molecule has 13 nitrogen and oxygen atoms in total. The van der Waals surface area contributed by atoms with Crippen molar-refractivity contribution < 1.29 is 38.7 Å². The first-order valence-corrected chi connectivity index (χ1v) is 15.4. The van der Waals surface area contributed by atoms with Crippen LogP contribution in [0.5, 0.6) is 0 Å². The van der Waals surface area contributed by atoms with Gasteiger partial charge in [0.15, 0.2) is 0 Å². The Kier molecular flexibility index (Phi) is 7.99. The predicted molar refractivity (Wildman–Crippen MR) is 159 cm³/mol. The number of fused-ring (bicyclic) bond motifs is 1. The van der Waals surface area contributed by atoms with Gasteiger partial charge in [-0.05, 0) is 40.7 Å². The molecule has 0 spiro atoms. The number of rotatable bonds is 8. The van der Waals surface area contributed by atoms with E-state index in [1.165, 1.54) is 23.6 Å². The molecule has 2 unspecified atom stereocenters. The van der Waals surface area contributed by atoms with Gasteiger partial charge in [0.1, 0.15) is 46.6 Å². The fraction of sp³-hybridized carbons (Fsp3) is 0.481. The Morgan fingerprint density at radius 3 is 2.37 bits per heavy atom. The Labute approximate surface area is 259 Å². The number of nitrogens with one attached hydrogen (secondary N) is 3. The molecule has 0 radical (unpaired) electrons. The summed E-state index contributed by atoms with van der Waals surface area (Å²) >= 11 is 8.77. The third-order valence-electron chi connectivity index (χ3n) is 7.77. The maximum Gasteiger partial charge on any atom is 0.327 e. The Morgan fingerprint density at radius 2 is 1.77 bits per heavy atom. The van der Waals surface area contributed by atoms with Crippen molar-refractivity contribution in [3.8, 4) is 11.3 Å². The maximum atomic E-state index is 13.8. The normalized spacial score (nSPS) is 27.6. The Balaban J connectivity index is 1.44. The molecule has 1 aromatic carbocycles. The molecule has 0 saturated carbocycles. The number of aromatic nitrogens is 1. The summed E-state index contributed by atoms with van der Waals surface area (Å²) in [5.41, 5.74) is 0.623. The molecular weight excluding hydrogens is 622 g/mol. The number of thioether (sulfide) groups is 2. The van der Waals surface area contributed by atoms with E-state index in [0.717, 1.165) is 11.8 Å². The van der Waals surface area contributed by atoms with E-state index in [2.05, 4.69) is 21.1 Å². The third-order valence-corrected chi connectivity index (χ3v) is 11.2. The number of carboxylic acids is 2. The lowest BCUT2D eigenvalue weighted by molar-refractivity contribution is -0.161. The molecule has 5 N–H and O–H groups in total. The monoisotopic (exact) mass is 651 g/mol. The highest BCUT2D eigenvalue weighted by Gasteiger charge is 2.64. The number of carbonyl (C=O) groups excluding carboxylic acids is 3. The van der Waals surface area contributed by atoms with Crippen LogP contribution < -0.4 is 16.0 Å². The van der Waals surface area contributed by atoms with Crippen LogP contribution in [0.1, 0.15) is 43.8 Å². The molecule has 3 aliphatic heterocycles. The lowest BCUT2D eigenvalue weighted by Gasteiger charge is -2.44. The van der Waals surface area contributed by atoms with Gasteiger partial charge >= 0.3 is 11.9 Å². The van der Waals surface area contributed by atoms with Crippen molar-refractivity contribution in [2.75, 3.05) is 0 Å². The van der Waals surface area contributed by atoms with Gasteiger partial charge < -0.3 is 30.3 Å². The van der Waals surface area contributed by atoms with Crippen molar-refractivity contribution in [3.63, 3.8) is 0 Å². The van der Waals surface area contributed by atoms with E-state index in [1.807, 2.05) is 0 Å². The summed E-state index contributed by atoms with van der Waals surface area (Å²) in [5.74, 6) is -4.14. The standard InChI is InChI=1S/C27H30ClN5O8S2/c1-10-13(14(32-41-10)11-8-6-7-9-12(11)28)19(34)29-15(21-31-17(24(37)38)26(2,3)42-21)20(35)30-16-22(36)33-18(25(39)40)27(4,5)43-23(16)33/h6-9,15-18,21,23,31H,1-5H3,(H,29,34)(H,30,35)(H,37,38)(H,39,40)/t15?,16-,17-,18+,21?,23-/m1/s1. The van der Waals surface area contributed by atoms with Crippen LogP contribution in [0.15, 0.2) is 28.8 Å². The first-order valence-electron chi connectivity index (χ1n) is 13.3. The van der Waals surface area contributed by atoms with Gasteiger partial charge in [-0.25, -0.2) is 4.79 Å². The molecule has 43 heavy (non-hydrogen) atoms. The number of hydrogen-bond acceptors (Lipinski definition) is 10. The highest BCUT2D eigenvalue weighted by molar-refractivity contribution is 8.02. The smallest absolute Gasteiger partial charge is 0.327 e. The maximum absolute atomic E-state index is 13.8. The van der Waals surface area contributed by atoms with E-state index >= 15 is 0 Å². The van der Waals surface area contributed by atoms with Crippen LogP contribution in [0.4, 0.5) is 0 Å². The van der Waals surface area contributed by atoms with Gasteiger partial charge in [0.2, 0.25) is 11.8 Å². The van der Waals surface area contributed by atoms with Crippen LogP contribution in [-0.2, 0) is 19.2 Å². The number of benzene rings is 1. The van der Waals surface area contributed by atoms with Gasteiger partial charge in [-0.1, -0.05) is 35.0 Å². The Morgan fingerprint density at radius 1 is 1.09 bits per heavy atom.